The van der Waals surface area contributed by atoms with Gasteiger partial charge in [-0.2, -0.15) is 0 Å². The van der Waals surface area contributed by atoms with Crippen molar-refractivity contribution in [1.29, 1.82) is 0 Å². The Morgan fingerprint density at radius 3 is 2.39 bits per heavy atom. The summed E-state index contributed by atoms with van der Waals surface area (Å²) < 4.78 is 13.2. The summed E-state index contributed by atoms with van der Waals surface area (Å²) in [5.41, 5.74) is 1.94. The van der Waals surface area contributed by atoms with Crippen molar-refractivity contribution in [2.75, 3.05) is 6.54 Å². The van der Waals surface area contributed by atoms with E-state index in [1.165, 1.54) is 12.1 Å². The SMILES string of the molecule is CC(C)(C)NC(=O)CNC(=O)c1cc(-c2ccc(F)cc2)nc2ccccc12. The molecule has 0 fully saturated rings. The number of amides is 2. The lowest BCUT2D eigenvalue weighted by molar-refractivity contribution is -0.121. The fraction of sp³-hybridized carbons (Fsp3) is 0.227. The Labute approximate surface area is 163 Å². The second-order valence-electron chi connectivity index (χ2n) is 7.56. The van der Waals surface area contributed by atoms with Gasteiger partial charge in [-0.1, -0.05) is 18.2 Å². The maximum atomic E-state index is 13.2. The Hall–Kier alpha value is -3.28. The molecule has 0 atom stereocenters. The van der Waals surface area contributed by atoms with Crippen molar-refractivity contribution in [2.24, 2.45) is 0 Å². The average Bonchev–Trinajstić information content (AvgIpc) is 2.64. The molecule has 3 aromatic rings. The molecule has 2 amide bonds. The van der Waals surface area contributed by atoms with Crippen molar-refractivity contribution in [1.82, 2.24) is 15.6 Å². The lowest BCUT2D eigenvalue weighted by Gasteiger charge is -2.20. The van der Waals surface area contributed by atoms with Crippen molar-refractivity contribution >= 4 is 22.7 Å². The van der Waals surface area contributed by atoms with Gasteiger partial charge in [0.25, 0.3) is 5.91 Å². The first kappa shape index (κ1) is 19.5. The van der Waals surface area contributed by atoms with Crippen LogP contribution in [-0.4, -0.2) is 28.9 Å². The van der Waals surface area contributed by atoms with Gasteiger partial charge in [-0.05, 0) is 57.2 Å². The van der Waals surface area contributed by atoms with Gasteiger partial charge in [0.2, 0.25) is 5.91 Å². The zero-order valence-corrected chi connectivity index (χ0v) is 16.0. The van der Waals surface area contributed by atoms with Crippen LogP contribution in [0.4, 0.5) is 4.39 Å². The molecule has 28 heavy (non-hydrogen) atoms. The van der Waals surface area contributed by atoms with E-state index in [4.69, 9.17) is 0 Å². The van der Waals surface area contributed by atoms with Gasteiger partial charge in [-0.3, -0.25) is 9.59 Å². The molecule has 0 aliphatic heterocycles. The Bertz CT molecular complexity index is 1020. The fourth-order valence-electron chi connectivity index (χ4n) is 2.85. The molecule has 0 saturated heterocycles. The van der Waals surface area contributed by atoms with Gasteiger partial charge in [0.05, 0.1) is 23.3 Å². The number of hydrogen-bond donors (Lipinski definition) is 2. The van der Waals surface area contributed by atoms with Gasteiger partial charge in [0.1, 0.15) is 5.82 Å². The number of carbonyl (C=O) groups excluding carboxylic acids is 2. The van der Waals surface area contributed by atoms with Crippen molar-refractivity contribution in [3.63, 3.8) is 0 Å². The molecule has 0 aliphatic carbocycles. The van der Waals surface area contributed by atoms with Crippen LogP contribution in [0.2, 0.25) is 0 Å². The third kappa shape index (κ3) is 4.71. The minimum absolute atomic E-state index is 0.126. The van der Waals surface area contributed by atoms with Crippen LogP contribution in [0.5, 0.6) is 0 Å². The lowest BCUT2D eigenvalue weighted by atomic mass is 10.0. The maximum absolute atomic E-state index is 13.2. The van der Waals surface area contributed by atoms with E-state index < -0.39 is 0 Å². The van der Waals surface area contributed by atoms with Gasteiger partial charge in [0, 0.05) is 16.5 Å². The van der Waals surface area contributed by atoms with E-state index >= 15 is 0 Å². The second-order valence-corrected chi connectivity index (χ2v) is 7.56. The molecule has 0 spiro atoms. The zero-order chi connectivity index (χ0) is 20.3. The van der Waals surface area contributed by atoms with E-state index in [-0.39, 0.29) is 29.7 Å². The molecule has 1 aromatic heterocycles. The first-order valence-corrected chi connectivity index (χ1v) is 8.98. The summed E-state index contributed by atoms with van der Waals surface area (Å²) in [6, 6.07) is 14.9. The Balaban J connectivity index is 1.91. The van der Waals surface area contributed by atoms with Gasteiger partial charge in [0.15, 0.2) is 0 Å². The van der Waals surface area contributed by atoms with Crippen LogP contribution in [0.15, 0.2) is 54.6 Å². The quantitative estimate of drug-likeness (QED) is 0.726. The molecule has 3 rings (SSSR count). The highest BCUT2D eigenvalue weighted by Crippen LogP contribution is 2.25. The number of benzene rings is 2. The predicted molar refractivity (Wildman–Crippen MR) is 107 cm³/mol. The number of nitrogens with zero attached hydrogens (tertiary/aromatic N) is 1. The molecule has 0 unspecified atom stereocenters. The summed E-state index contributed by atoms with van der Waals surface area (Å²) in [5.74, 6) is -0.976. The number of carbonyl (C=O) groups is 2. The first-order chi connectivity index (χ1) is 13.2. The Morgan fingerprint density at radius 2 is 1.71 bits per heavy atom. The van der Waals surface area contributed by atoms with E-state index in [1.807, 2.05) is 39.0 Å². The predicted octanol–water partition coefficient (Wildman–Crippen LogP) is 3.69. The highest BCUT2D eigenvalue weighted by atomic mass is 19.1. The maximum Gasteiger partial charge on any atom is 0.252 e. The monoisotopic (exact) mass is 379 g/mol. The fourth-order valence-corrected chi connectivity index (χ4v) is 2.85. The number of fused-ring (bicyclic) bond motifs is 1. The Morgan fingerprint density at radius 1 is 1.04 bits per heavy atom. The van der Waals surface area contributed by atoms with Crippen LogP contribution in [0.25, 0.3) is 22.2 Å². The summed E-state index contributed by atoms with van der Waals surface area (Å²) >= 11 is 0. The van der Waals surface area contributed by atoms with E-state index in [2.05, 4.69) is 15.6 Å². The smallest absolute Gasteiger partial charge is 0.252 e. The van der Waals surface area contributed by atoms with Crippen LogP contribution >= 0.6 is 0 Å². The number of nitrogens with one attached hydrogen (secondary N) is 2. The normalized spacial score (nSPS) is 11.3. The topological polar surface area (TPSA) is 71.1 Å². The number of pyridine rings is 1. The zero-order valence-electron chi connectivity index (χ0n) is 16.0. The van der Waals surface area contributed by atoms with E-state index in [1.54, 1.807) is 24.3 Å². The van der Waals surface area contributed by atoms with Gasteiger partial charge in [-0.15, -0.1) is 0 Å². The molecule has 5 nitrogen and oxygen atoms in total. The summed E-state index contributed by atoms with van der Waals surface area (Å²) in [7, 11) is 0. The van der Waals surface area contributed by atoms with Crippen LogP contribution in [0.1, 0.15) is 31.1 Å². The molecule has 0 saturated carbocycles. The summed E-state index contributed by atoms with van der Waals surface area (Å²) in [5, 5.41) is 6.15. The van der Waals surface area contributed by atoms with Crippen molar-refractivity contribution in [3.05, 3.63) is 66.0 Å². The number of rotatable bonds is 4. The van der Waals surface area contributed by atoms with E-state index in [0.29, 0.717) is 27.7 Å². The number of hydrogen-bond acceptors (Lipinski definition) is 3. The third-order valence-corrected chi connectivity index (χ3v) is 4.02. The van der Waals surface area contributed by atoms with Crippen molar-refractivity contribution in [2.45, 2.75) is 26.3 Å². The molecule has 144 valence electrons. The molecule has 0 radical (unpaired) electrons. The summed E-state index contributed by atoms with van der Waals surface area (Å²) in [4.78, 5) is 29.4. The summed E-state index contributed by atoms with van der Waals surface area (Å²) in [6.07, 6.45) is 0. The number of halogens is 1. The molecule has 2 N–H and O–H groups in total. The van der Waals surface area contributed by atoms with Gasteiger partial charge in [-0.25, -0.2) is 9.37 Å². The van der Waals surface area contributed by atoms with Gasteiger partial charge >= 0.3 is 0 Å². The summed E-state index contributed by atoms with van der Waals surface area (Å²) in [6.45, 7) is 5.49. The van der Waals surface area contributed by atoms with Crippen LogP contribution in [0, 0.1) is 5.82 Å². The van der Waals surface area contributed by atoms with Gasteiger partial charge < -0.3 is 10.6 Å². The molecule has 0 aliphatic rings. The van der Waals surface area contributed by atoms with Crippen LogP contribution < -0.4 is 10.6 Å². The molecule has 6 heteroatoms. The standard InChI is InChI=1S/C22H22FN3O2/c1-22(2,3)26-20(27)13-24-21(28)17-12-19(14-8-10-15(23)11-9-14)25-18-7-5-4-6-16(17)18/h4-12H,13H2,1-3H3,(H,24,28)(H,26,27). The van der Waals surface area contributed by atoms with E-state index in [9.17, 15) is 14.0 Å². The largest absolute Gasteiger partial charge is 0.350 e. The third-order valence-electron chi connectivity index (χ3n) is 4.02. The highest BCUT2D eigenvalue weighted by molar-refractivity contribution is 6.08. The Kier molecular flexibility index (Phi) is 5.40. The lowest BCUT2D eigenvalue weighted by Crippen LogP contribution is -2.45. The molecule has 1 heterocycles. The second kappa shape index (κ2) is 7.76. The van der Waals surface area contributed by atoms with E-state index in [0.717, 1.165) is 0 Å². The minimum Gasteiger partial charge on any atom is -0.350 e. The van der Waals surface area contributed by atoms with Crippen molar-refractivity contribution in [3.8, 4) is 11.3 Å². The highest BCUT2D eigenvalue weighted by Gasteiger charge is 2.17. The number of para-hydroxylation sites is 1. The molecular weight excluding hydrogens is 357 g/mol. The number of aromatic nitrogens is 1. The minimum atomic E-state index is -0.374. The molecular formula is C22H22FN3O2. The van der Waals surface area contributed by atoms with Crippen molar-refractivity contribution < 1.29 is 14.0 Å². The van der Waals surface area contributed by atoms with Crippen LogP contribution in [0.3, 0.4) is 0 Å². The first-order valence-electron chi connectivity index (χ1n) is 8.98. The molecule has 2 aromatic carbocycles. The van der Waals surface area contributed by atoms with Crippen LogP contribution in [-0.2, 0) is 4.79 Å². The average molecular weight is 379 g/mol. The molecule has 0 bridgehead atoms.